The highest BCUT2D eigenvalue weighted by Crippen LogP contribution is 2.39. The summed E-state index contributed by atoms with van der Waals surface area (Å²) in [6.45, 7) is 5.29. The standard InChI is InChI=1S/C28H28F3N3O4.C15H21FN2O3.C13H9F2NO2.CH4/c29-21-15-19(16-24-26(21)38-14-13-37-24)25(35)23(17-34-11-3-4-12-34)33-27(36)28(30,31)20-8-6-18(7-9-20)22-5-1-2-10-32-22;16-11-7-10(8-13-15(11)21-6-5-20-13)14(19)12(17)9-18-3-1-2-4-18;14-13(15,12(17)18)10-6-4-9(5-7-10)11-3-1-2-8-16-11;/h1-2,5-10,15-16,23,25,35H,3-4,11-14,17H2,(H,33,36);7-8,12,14,19H,1-6,9,17H2;1-8H,(H,17,18);1H4/t23-,25-;12-,14-;;/m11../s1. The number of alkyl halides is 4. The van der Waals surface area contributed by atoms with Gasteiger partial charge in [0.15, 0.2) is 34.6 Å². The molecule has 6 N–H and O–H groups in total. The fourth-order valence-electron chi connectivity index (χ4n) is 9.19. The molecular weight excluding hydrogens is 1030 g/mol. The molecule has 0 aliphatic carbocycles. The predicted molar refractivity (Wildman–Crippen MR) is 277 cm³/mol. The van der Waals surface area contributed by atoms with E-state index in [1.54, 1.807) is 54.9 Å². The highest BCUT2D eigenvalue weighted by atomic mass is 19.3. The lowest BCUT2D eigenvalue weighted by atomic mass is 9.99. The van der Waals surface area contributed by atoms with Crippen LogP contribution in [0.3, 0.4) is 0 Å². The van der Waals surface area contributed by atoms with Crippen LogP contribution in [-0.4, -0.2) is 125 Å². The summed E-state index contributed by atoms with van der Waals surface area (Å²) in [7, 11) is 0. The highest BCUT2D eigenvalue weighted by Gasteiger charge is 2.44. The number of aliphatic hydroxyl groups is 2. The van der Waals surface area contributed by atoms with Crippen molar-refractivity contribution in [1.82, 2.24) is 25.1 Å². The van der Waals surface area contributed by atoms with Gasteiger partial charge in [-0.05, 0) is 112 Å². The minimum absolute atomic E-state index is 0. The van der Waals surface area contributed by atoms with Crippen LogP contribution in [-0.2, 0) is 21.4 Å². The van der Waals surface area contributed by atoms with Crippen molar-refractivity contribution in [3.05, 3.63) is 155 Å². The smallest absolute Gasteiger partial charge is 0.379 e. The molecule has 21 heteroatoms. The number of pyridine rings is 2. The number of nitrogens with one attached hydrogen (secondary N) is 1. The number of nitrogens with two attached hydrogens (primary N) is 1. The first-order valence-electron chi connectivity index (χ1n) is 25.1. The largest absolute Gasteiger partial charge is 0.486 e. The maximum Gasteiger partial charge on any atom is 0.379 e. The summed E-state index contributed by atoms with van der Waals surface area (Å²) >= 11 is 0. The molecule has 0 radical (unpaired) electrons. The minimum Gasteiger partial charge on any atom is -0.486 e. The van der Waals surface area contributed by atoms with Gasteiger partial charge in [0.05, 0.1) is 23.5 Å². The molecule has 4 aliphatic rings. The van der Waals surface area contributed by atoms with Crippen LogP contribution >= 0.6 is 0 Å². The number of carbonyl (C=O) groups is 2. The number of rotatable bonds is 15. The third-order valence-corrected chi connectivity index (χ3v) is 13.3. The number of benzene rings is 4. The number of aliphatic hydroxyl groups excluding tert-OH is 2. The number of amides is 1. The van der Waals surface area contributed by atoms with E-state index in [2.05, 4.69) is 20.2 Å². The molecule has 10 rings (SSSR count). The number of carbonyl (C=O) groups excluding carboxylic acids is 1. The second-order valence-electron chi connectivity index (χ2n) is 18.7. The van der Waals surface area contributed by atoms with Crippen LogP contribution in [0.4, 0.5) is 26.3 Å². The van der Waals surface area contributed by atoms with Gasteiger partial charge >= 0.3 is 17.8 Å². The molecule has 15 nitrogen and oxygen atoms in total. The van der Waals surface area contributed by atoms with Crippen molar-refractivity contribution in [2.45, 2.75) is 69.2 Å². The Bertz CT molecular complexity index is 2920. The van der Waals surface area contributed by atoms with Crippen LogP contribution in [0.25, 0.3) is 22.5 Å². The fraction of sp³-hybridized carbons (Fsp3) is 0.368. The lowest BCUT2D eigenvalue weighted by Gasteiger charge is -2.30. The molecule has 2 aromatic heterocycles. The summed E-state index contributed by atoms with van der Waals surface area (Å²) in [5, 5.41) is 32.3. The third-order valence-electron chi connectivity index (χ3n) is 13.3. The quantitative estimate of drug-likeness (QED) is 0.0612. The van der Waals surface area contributed by atoms with Crippen LogP contribution in [0.1, 0.15) is 67.6 Å². The van der Waals surface area contributed by atoms with E-state index in [1.165, 1.54) is 61.4 Å². The average Bonchev–Trinajstić information content (AvgIpc) is 4.19. The zero-order chi connectivity index (χ0) is 54.7. The zero-order valence-electron chi connectivity index (χ0n) is 41.7. The van der Waals surface area contributed by atoms with Gasteiger partial charge in [-0.3, -0.25) is 14.8 Å². The van der Waals surface area contributed by atoms with Crippen LogP contribution in [0.15, 0.2) is 122 Å². The van der Waals surface area contributed by atoms with Gasteiger partial charge in [0.25, 0.3) is 5.91 Å². The van der Waals surface area contributed by atoms with Crippen molar-refractivity contribution in [3.8, 4) is 45.5 Å². The maximum atomic E-state index is 15.3. The first-order valence-corrected chi connectivity index (χ1v) is 25.1. The van der Waals surface area contributed by atoms with E-state index in [0.29, 0.717) is 66.7 Å². The Morgan fingerprint density at radius 2 is 1.03 bits per heavy atom. The highest BCUT2D eigenvalue weighted by molar-refractivity contribution is 5.85. The summed E-state index contributed by atoms with van der Waals surface area (Å²) < 4.78 is 107. The molecule has 4 aromatic carbocycles. The van der Waals surface area contributed by atoms with E-state index in [1.807, 2.05) is 4.90 Å². The SMILES string of the molecule is C.N[C@H](CN1CCCC1)[C@H](O)c1cc(F)c2c(c1)OCCO2.O=C(N[C@H](CN1CCCC1)[C@H](O)c1cc(F)c2c(c1)OCCO2)C(F)(F)c1ccc(-c2ccccn2)cc1.O=C(O)C(F)(F)c1ccc(-c2ccccn2)cc1. The zero-order valence-corrected chi connectivity index (χ0v) is 41.7. The minimum atomic E-state index is -3.87. The molecule has 6 heterocycles. The van der Waals surface area contributed by atoms with Gasteiger partial charge in [-0.15, -0.1) is 0 Å². The summed E-state index contributed by atoms with van der Waals surface area (Å²) in [5.74, 6) is -12.2. The number of hydrogen-bond donors (Lipinski definition) is 5. The van der Waals surface area contributed by atoms with Crippen molar-refractivity contribution in [2.24, 2.45) is 5.73 Å². The Morgan fingerprint density at radius 1 is 0.603 bits per heavy atom. The molecule has 416 valence electrons. The van der Waals surface area contributed by atoms with Gasteiger partial charge < -0.3 is 55.1 Å². The van der Waals surface area contributed by atoms with Gasteiger partial charge in [-0.2, -0.15) is 17.6 Å². The van der Waals surface area contributed by atoms with E-state index in [4.69, 9.17) is 29.8 Å². The number of nitrogens with zero attached hydrogens (tertiary/aromatic N) is 4. The Labute approximate surface area is 447 Å². The van der Waals surface area contributed by atoms with E-state index in [0.717, 1.165) is 44.1 Å². The molecule has 4 aliphatic heterocycles. The summed E-state index contributed by atoms with van der Waals surface area (Å²) in [5.41, 5.74) is 8.11. The molecule has 2 saturated heterocycles. The molecule has 78 heavy (non-hydrogen) atoms. The number of ether oxygens (including phenoxy) is 4. The molecule has 1 amide bonds. The lowest BCUT2D eigenvalue weighted by Crippen LogP contribution is -2.51. The molecule has 0 unspecified atom stereocenters. The van der Waals surface area contributed by atoms with E-state index < -0.39 is 70.8 Å². The molecule has 0 bridgehead atoms. The average molecular weight is 1090 g/mol. The van der Waals surface area contributed by atoms with Crippen molar-refractivity contribution in [2.75, 3.05) is 65.7 Å². The van der Waals surface area contributed by atoms with E-state index in [9.17, 15) is 37.4 Å². The topological polar surface area (TPSA) is 202 Å². The van der Waals surface area contributed by atoms with Gasteiger partial charge in [-0.25, -0.2) is 13.6 Å². The number of halogens is 6. The van der Waals surface area contributed by atoms with Crippen molar-refractivity contribution in [3.63, 3.8) is 0 Å². The Kier molecular flexibility index (Phi) is 19.7. The van der Waals surface area contributed by atoms with Crippen LogP contribution < -0.4 is 30.0 Å². The predicted octanol–water partition coefficient (Wildman–Crippen LogP) is 8.68. The number of fused-ring (bicyclic) bond motifs is 2. The second-order valence-corrected chi connectivity index (χ2v) is 18.7. The van der Waals surface area contributed by atoms with Crippen molar-refractivity contribution < 1.29 is 70.2 Å². The summed E-state index contributed by atoms with van der Waals surface area (Å²) in [6, 6.07) is 24.8. The number of carboxylic acid groups (broad SMARTS) is 1. The van der Waals surface area contributed by atoms with Crippen molar-refractivity contribution in [1.29, 1.82) is 0 Å². The van der Waals surface area contributed by atoms with Crippen LogP contribution in [0.2, 0.25) is 0 Å². The molecule has 6 aromatic rings. The number of aliphatic carboxylic acids is 1. The Morgan fingerprint density at radius 3 is 1.46 bits per heavy atom. The monoisotopic (exact) mass is 1090 g/mol. The number of carboxylic acids is 1. The first kappa shape index (κ1) is 58.4. The van der Waals surface area contributed by atoms with Crippen molar-refractivity contribution >= 4 is 11.9 Å². The number of likely N-dealkylation sites (tertiary alicyclic amines) is 2. The van der Waals surface area contributed by atoms with Gasteiger partial charge in [0.2, 0.25) is 0 Å². The Hall–Kier alpha value is -7.30. The van der Waals surface area contributed by atoms with Gasteiger partial charge in [-0.1, -0.05) is 68.1 Å². The second kappa shape index (κ2) is 26.4. The third kappa shape index (κ3) is 14.2. The normalized spacial score (nSPS) is 16.7. The van der Waals surface area contributed by atoms with Crippen LogP contribution in [0.5, 0.6) is 23.0 Å². The van der Waals surface area contributed by atoms with Gasteiger partial charge in [0.1, 0.15) is 32.5 Å². The molecule has 4 atom stereocenters. The van der Waals surface area contributed by atoms with Crippen LogP contribution in [0, 0.1) is 11.6 Å². The summed E-state index contributed by atoms with van der Waals surface area (Å²) in [6.07, 6.45) is 4.99. The molecule has 0 saturated carbocycles. The Balaban J connectivity index is 0.000000186. The summed E-state index contributed by atoms with van der Waals surface area (Å²) in [4.78, 5) is 35.8. The lowest BCUT2D eigenvalue weighted by molar-refractivity contribution is -0.166. The first-order chi connectivity index (χ1) is 37.0. The number of hydrogen-bond acceptors (Lipinski definition) is 13. The van der Waals surface area contributed by atoms with Gasteiger partial charge in [0, 0.05) is 53.8 Å². The molecule has 2 fully saturated rings. The molecular formula is C57H62F6N6O9. The maximum absolute atomic E-state index is 15.3. The fourth-order valence-corrected chi connectivity index (χ4v) is 9.19. The van der Waals surface area contributed by atoms with E-state index in [-0.39, 0.29) is 50.0 Å². The molecule has 0 spiro atoms. The number of aromatic nitrogens is 2. The van der Waals surface area contributed by atoms with E-state index >= 15 is 8.78 Å².